The maximum atomic E-state index is 12.5. The van der Waals surface area contributed by atoms with Crippen molar-refractivity contribution in [3.63, 3.8) is 0 Å². The molecule has 0 spiro atoms. The Morgan fingerprint density at radius 1 is 1.64 bits per heavy atom. The van der Waals surface area contributed by atoms with Gasteiger partial charge in [-0.3, -0.25) is 0 Å². The molecule has 0 aliphatic carbocycles. The number of hydrogen-bond donors (Lipinski definition) is 1. The minimum absolute atomic E-state index is 0.0613. The lowest BCUT2D eigenvalue weighted by Gasteiger charge is -2.00. The van der Waals surface area contributed by atoms with Gasteiger partial charge in [0.1, 0.15) is 12.4 Å². The van der Waals surface area contributed by atoms with E-state index < -0.39 is 12.6 Å². The van der Waals surface area contributed by atoms with Crippen LogP contribution in [0.4, 0.5) is 4.39 Å². The monoisotopic (exact) mass is 201 g/mol. The molecule has 1 aromatic rings. The number of alkyl halides is 1. The number of halogens is 1. The zero-order valence-electron chi connectivity index (χ0n) is 8.08. The molecule has 0 radical (unpaired) electrons. The molecule has 1 rings (SSSR count). The number of aromatic nitrogens is 1. The second-order valence-corrected chi connectivity index (χ2v) is 3.47. The summed E-state index contributed by atoms with van der Waals surface area (Å²) in [5, 5.41) is 12.0. The Morgan fingerprint density at radius 3 is 2.71 bits per heavy atom. The van der Waals surface area contributed by atoms with Crippen molar-refractivity contribution < 1.29 is 18.8 Å². The van der Waals surface area contributed by atoms with Gasteiger partial charge in [0.05, 0.1) is 5.56 Å². The molecule has 1 aromatic heterocycles. The van der Waals surface area contributed by atoms with E-state index in [1.165, 1.54) is 0 Å². The molecule has 0 aliphatic heterocycles. The van der Waals surface area contributed by atoms with Gasteiger partial charge in [-0.1, -0.05) is 19.0 Å². The van der Waals surface area contributed by atoms with E-state index in [2.05, 4.69) is 5.16 Å². The molecule has 0 aromatic carbocycles. The van der Waals surface area contributed by atoms with E-state index in [1.807, 2.05) is 13.8 Å². The Labute approximate surface area is 80.7 Å². The fourth-order valence-corrected chi connectivity index (χ4v) is 1.18. The molecule has 0 amide bonds. The molecule has 5 heteroatoms. The first-order valence-electron chi connectivity index (χ1n) is 4.33. The fourth-order valence-electron chi connectivity index (χ4n) is 1.18. The number of carboxylic acid groups (broad SMARTS) is 1. The van der Waals surface area contributed by atoms with Gasteiger partial charge in [-0.05, 0) is 5.92 Å². The van der Waals surface area contributed by atoms with Crippen molar-refractivity contribution in [3.8, 4) is 0 Å². The van der Waals surface area contributed by atoms with E-state index in [1.54, 1.807) is 0 Å². The van der Waals surface area contributed by atoms with Gasteiger partial charge in [0.25, 0.3) is 0 Å². The molecule has 78 valence electrons. The van der Waals surface area contributed by atoms with Gasteiger partial charge in [0, 0.05) is 6.42 Å². The van der Waals surface area contributed by atoms with Crippen LogP contribution < -0.4 is 0 Å². The van der Waals surface area contributed by atoms with Gasteiger partial charge in [-0.15, -0.1) is 0 Å². The molecule has 0 atom stereocenters. The normalized spacial score (nSPS) is 10.9. The highest BCUT2D eigenvalue weighted by Gasteiger charge is 2.21. The summed E-state index contributed by atoms with van der Waals surface area (Å²) in [6, 6.07) is 0. The van der Waals surface area contributed by atoms with Crippen LogP contribution in [0, 0.1) is 5.92 Å². The average Bonchev–Trinajstić information content (AvgIpc) is 2.46. The Balaban J connectivity index is 3.01. The van der Waals surface area contributed by atoms with E-state index >= 15 is 0 Å². The lowest BCUT2D eigenvalue weighted by Crippen LogP contribution is -2.02. The maximum Gasteiger partial charge on any atom is 0.358 e. The first-order chi connectivity index (χ1) is 6.56. The second-order valence-electron chi connectivity index (χ2n) is 3.47. The quantitative estimate of drug-likeness (QED) is 0.809. The topological polar surface area (TPSA) is 63.3 Å². The predicted molar refractivity (Wildman–Crippen MR) is 46.8 cm³/mol. The largest absolute Gasteiger partial charge is 0.476 e. The van der Waals surface area contributed by atoms with Crippen LogP contribution in [0.5, 0.6) is 0 Å². The van der Waals surface area contributed by atoms with Crippen molar-refractivity contribution in [2.24, 2.45) is 5.92 Å². The highest BCUT2D eigenvalue weighted by Crippen LogP contribution is 2.19. The van der Waals surface area contributed by atoms with Gasteiger partial charge in [0.2, 0.25) is 0 Å². The van der Waals surface area contributed by atoms with E-state index in [0.717, 1.165) is 0 Å². The van der Waals surface area contributed by atoms with Crippen LogP contribution in [-0.4, -0.2) is 16.2 Å². The van der Waals surface area contributed by atoms with Crippen molar-refractivity contribution in [2.75, 3.05) is 0 Å². The van der Waals surface area contributed by atoms with Crippen molar-refractivity contribution in [2.45, 2.75) is 26.9 Å². The third-order valence-corrected chi connectivity index (χ3v) is 1.80. The Hall–Kier alpha value is -1.39. The fraction of sp³-hybridized carbons (Fsp3) is 0.556. The highest BCUT2D eigenvalue weighted by atomic mass is 19.1. The zero-order chi connectivity index (χ0) is 10.7. The molecule has 1 heterocycles. The maximum absolute atomic E-state index is 12.5. The summed E-state index contributed by atoms with van der Waals surface area (Å²) in [5.41, 5.74) is -0.255. The highest BCUT2D eigenvalue weighted by molar-refractivity contribution is 5.87. The van der Waals surface area contributed by atoms with Crippen LogP contribution in [-0.2, 0) is 13.1 Å². The molecule has 0 unspecified atom stereocenters. The molecule has 4 nitrogen and oxygen atoms in total. The molecule has 1 N–H and O–H groups in total. The Bertz CT molecular complexity index is 333. The van der Waals surface area contributed by atoms with Crippen LogP contribution in [0.15, 0.2) is 4.52 Å². The Morgan fingerprint density at radius 2 is 2.29 bits per heavy atom. The van der Waals surface area contributed by atoms with Crippen LogP contribution in [0.2, 0.25) is 0 Å². The van der Waals surface area contributed by atoms with Crippen molar-refractivity contribution >= 4 is 5.97 Å². The molecule has 0 saturated carbocycles. The summed E-state index contributed by atoms with van der Waals surface area (Å²) in [5.74, 6) is -0.647. The summed E-state index contributed by atoms with van der Waals surface area (Å²) in [6.07, 6.45) is 0.500. The van der Waals surface area contributed by atoms with Crippen LogP contribution in [0.3, 0.4) is 0 Å². The zero-order valence-corrected chi connectivity index (χ0v) is 8.08. The summed E-state index contributed by atoms with van der Waals surface area (Å²) < 4.78 is 17.3. The SMILES string of the molecule is CC(C)Cc1onc(C(=O)O)c1CF. The van der Waals surface area contributed by atoms with Gasteiger partial charge in [-0.25, -0.2) is 9.18 Å². The first-order valence-corrected chi connectivity index (χ1v) is 4.33. The van der Waals surface area contributed by atoms with Gasteiger partial charge in [-0.2, -0.15) is 0 Å². The lowest BCUT2D eigenvalue weighted by molar-refractivity contribution is 0.0684. The van der Waals surface area contributed by atoms with E-state index in [-0.39, 0.29) is 17.2 Å². The standard InChI is InChI=1S/C9H12FNO3/c1-5(2)3-7-6(4-10)8(9(12)13)11-14-7/h5H,3-4H2,1-2H3,(H,12,13). The van der Waals surface area contributed by atoms with E-state index in [4.69, 9.17) is 9.63 Å². The minimum Gasteiger partial charge on any atom is -0.476 e. The number of carbonyl (C=O) groups is 1. The van der Waals surface area contributed by atoms with Crippen LogP contribution in [0.1, 0.15) is 35.7 Å². The number of rotatable bonds is 4. The molecule has 0 saturated heterocycles. The number of nitrogens with zero attached hydrogens (tertiary/aromatic N) is 1. The van der Waals surface area contributed by atoms with Crippen LogP contribution >= 0.6 is 0 Å². The van der Waals surface area contributed by atoms with Gasteiger partial charge in [0.15, 0.2) is 5.69 Å². The van der Waals surface area contributed by atoms with Gasteiger partial charge >= 0.3 is 5.97 Å². The lowest BCUT2D eigenvalue weighted by atomic mass is 10.0. The third kappa shape index (κ3) is 2.10. The second kappa shape index (κ2) is 4.21. The summed E-state index contributed by atoms with van der Waals surface area (Å²) in [4.78, 5) is 10.6. The van der Waals surface area contributed by atoms with Crippen molar-refractivity contribution in [3.05, 3.63) is 17.0 Å². The summed E-state index contributed by atoms with van der Waals surface area (Å²) in [6.45, 7) is 3.02. The first kappa shape index (κ1) is 10.7. The Kier molecular flexibility index (Phi) is 3.22. The number of aromatic carboxylic acids is 1. The van der Waals surface area contributed by atoms with E-state index in [9.17, 15) is 9.18 Å². The third-order valence-electron chi connectivity index (χ3n) is 1.80. The average molecular weight is 201 g/mol. The molecule has 0 aliphatic rings. The van der Waals surface area contributed by atoms with E-state index in [0.29, 0.717) is 12.2 Å². The molecule has 0 bridgehead atoms. The van der Waals surface area contributed by atoms with Crippen molar-refractivity contribution in [1.82, 2.24) is 5.16 Å². The summed E-state index contributed by atoms with van der Waals surface area (Å²) >= 11 is 0. The molecular formula is C9H12FNO3. The molecular weight excluding hydrogens is 189 g/mol. The van der Waals surface area contributed by atoms with Crippen LogP contribution in [0.25, 0.3) is 0 Å². The number of carboxylic acids is 1. The van der Waals surface area contributed by atoms with Crippen molar-refractivity contribution in [1.29, 1.82) is 0 Å². The number of hydrogen-bond acceptors (Lipinski definition) is 3. The smallest absolute Gasteiger partial charge is 0.358 e. The van der Waals surface area contributed by atoms with Gasteiger partial charge < -0.3 is 9.63 Å². The molecule has 14 heavy (non-hydrogen) atoms. The molecule has 0 fully saturated rings. The summed E-state index contributed by atoms with van der Waals surface area (Å²) in [7, 11) is 0. The minimum atomic E-state index is -1.25. The predicted octanol–water partition coefficient (Wildman–Crippen LogP) is 2.04.